The van der Waals surface area contributed by atoms with Gasteiger partial charge in [-0.3, -0.25) is 5.43 Å². The number of methoxy groups -OCH3 is 1. The molecule has 1 aromatic carbocycles. The molecule has 3 aliphatic heterocycles. The summed E-state index contributed by atoms with van der Waals surface area (Å²) >= 11 is 2.11. The molecule has 0 aromatic heterocycles. The van der Waals surface area contributed by atoms with Crippen LogP contribution in [-0.4, -0.2) is 36.4 Å². The van der Waals surface area contributed by atoms with Gasteiger partial charge in [0.15, 0.2) is 0 Å². The Bertz CT molecular complexity index is 514. The quantitative estimate of drug-likeness (QED) is 0.794. The van der Waals surface area contributed by atoms with E-state index in [0.717, 1.165) is 6.61 Å². The molecule has 4 rings (SSSR count). The molecular formula is C17H25N3OS. The van der Waals surface area contributed by atoms with E-state index < -0.39 is 0 Å². The average molecular weight is 319 g/mol. The molecule has 5 heteroatoms. The SMILES string of the molecule is COCC1CC(C)NC2SC3C(c4ccccc4)NNC3C12. The van der Waals surface area contributed by atoms with Gasteiger partial charge in [-0.15, -0.1) is 11.8 Å². The van der Waals surface area contributed by atoms with E-state index in [1.54, 1.807) is 0 Å². The summed E-state index contributed by atoms with van der Waals surface area (Å²) in [4.78, 5) is 0. The number of ether oxygens (including phenoxy) is 1. The largest absolute Gasteiger partial charge is 0.384 e. The number of fused-ring (bicyclic) bond motifs is 3. The summed E-state index contributed by atoms with van der Waals surface area (Å²) in [6, 6.07) is 12.3. The lowest BCUT2D eigenvalue weighted by Crippen LogP contribution is -2.53. The van der Waals surface area contributed by atoms with E-state index >= 15 is 0 Å². The molecule has 0 amide bonds. The van der Waals surface area contributed by atoms with Crippen LogP contribution in [0.4, 0.5) is 0 Å². The fourth-order valence-corrected chi connectivity index (χ4v) is 6.49. The molecule has 7 unspecified atom stereocenters. The van der Waals surface area contributed by atoms with E-state index in [1.165, 1.54) is 12.0 Å². The molecule has 4 nitrogen and oxygen atoms in total. The van der Waals surface area contributed by atoms with Crippen molar-refractivity contribution in [3.63, 3.8) is 0 Å². The van der Waals surface area contributed by atoms with Crippen LogP contribution in [0.2, 0.25) is 0 Å². The predicted octanol–water partition coefficient (Wildman–Crippen LogP) is 1.91. The molecule has 0 radical (unpaired) electrons. The first-order valence-corrected chi connectivity index (χ1v) is 9.18. The number of rotatable bonds is 3. The highest BCUT2D eigenvalue weighted by atomic mass is 32.2. The summed E-state index contributed by atoms with van der Waals surface area (Å²) in [5.74, 6) is 1.27. The Balaban J connectivity index is 1.57. The van der Waals surface area contributed by atoms with Crippen LogP contribution in [0.1, 0.15) is 24.9 Å². The van der Waals surface area contributed by atoms with E-state index in [1.807, 2.05) is 7.11 Å². The standard InChI is InChI=1S/C17H25N3OS/c1-10-8-12(9-21-2)13-15-16(22-17(13)18-10)14(19-20-15)11-6-4-3-5-7-11/h3-7,10,12-20H,8-9H2,1-2H3. The summed E-state index contributed by atoms with van der Waals surface area (Å²) in [5.41, 5.74) is 8.53. The Morgan fingerprint density at radius 1 is 1.23 bits per heavy atom. The smallest absolute Gasteiger partial charge is 0.0597 e. The Morgan fingerprint density at radius 2 is 2.05 bits per heavy atom. The number of piperidine rings is 1. The van der Waals surface area contributed by atoms with Crippen LogP contribution in [-0.2, 0) is 4.74 Å². The Hall–Kier alpha value is -0.590. The molecule has 1 aromatic rings. The van der Waals surface area contributed by atoms with Gasteiger partial charge in [0, 0.05) is 37.0 Å². The van der Waals surface area contributed by atoms with Crippen molar-refractivity contribution in [3.05, 3.63) is 35.9 Å². The molecule has 0 aliphatic carbocycles. The van der Waals surface area contributed by atoms with Gasteiger partial charge in [-0.1, -0.05) is 30.3 Å². The Kier molecular flexibility index (Phi) is 4.17. The minimum Gasteiger partial charge on any atom is -0.384 e. The molecule has 120 valence electrons. The van der Waals surface area contributed by atoms with E-state index in [4.69, 9.17) is 4.74 Å². The molecule has 7 atom stereocenters. The van der Waals surface area contributed by atoms with Crippen molar-refractivity contribution >= 4 is 11.8 Å². The maximum atomic E-state index is 5.51. The fraction of sp³-hybridized carbons (Fsp3) is 0.647. The maximum Gasteiger partial charge on any atom is 0.0597 e. The topological polar surface area (TPSA) is 45.3 Å². The zero-order valence-electron chi connectivity index (χ0n) is 13.2. The third-order valence-corrected chi connectivity index (χ3v) is 6.97. The molecule has 3 fully saturated rings. The van der Waals surface area contributed by atoms with Crippen LogP contribution in [0, 0.1) is 11.8 Å². The van der Waals surface area contributed by atoms with E-state index in [2.05, 4.69) is 65.2 Å². The molecule has 3 N–H and O–H groups in total. The highest BCUT2D eigenvalue weighted by molar-refractivity contribution is 8.00. The van der Waals surface area contributed by atoms with Crippen molar-refractivity contribution < 1.29 is 4.74 Å². The van der Waals surface area contributed by atoms with Gasteiger partial charge in [0.2, 0.25) is 0 Å². The van der Waals surface area contributed by atoms with Gasteiger partial charge in [-0.25, -0.2) is 5.43 Å². The van der Waals surface area contributed by atoms with E-state index in [0.29, 0.717) is 40.6 Å². The number of hydrogen-bond donors (Lipinski definition) is 3. The van der Waals surface area contributed by atoms with Crippen LogP contribution in [0.5, 0.6) is 0 Å². The van der Waals surface area contributed by atoms with E-state index in [9.17, 15) is 0 Å². The third-order valence-electron chi connectivity index (χ3n) is 5.34. The average Bonchev–Trinajstić information content (AvgIpc) is 3.06. The van der Waals surface area contributed by atoms with Crippen LogP contribution < -0.4 is 16.2 Å². The second-order valence-corrected chi connectivity index (χ2v) is 8.14. The van der Waals surface area contributed by atoms with Crippen LogP contribution in [0.3, 0.4) is 0 Å². The molecule has 3 aliphatic rings. The van der Waals surface area contributed by atoms with Gasteiger partial charge in [0.05, 0.1) is 11.4 Å². The number of benzene rings is 1. The molecule has 0 spiro atoms. The Labute approximate surface area is 136 Å². The molecule has 3 heterocycles. The monoisotopic (exact) mass is 319 g/mol. The predicted molar refractivity (Wildman–Crippen MR) is 90.5 cm³/mol. The summed E-state index contributed by atoms with van der Waals surface area (Å²) < 4.78 is 5.51. The maximum absolute atomic E-state index is 5.51. The third kappa shape index (κ3) is 2.49. The first kappa shape index (κ1) is 15.0. The fourth-order valence-electron chi connectivity index (χ4n) is 4.46. The number of hydrogen-bond acceptors (Lipinski definition) is 5. The zero-order chi connectivity index (χ0) is 15.1. The Morgan fingerprint density at radius 3 is 2.82 bits per heavy atom. The molecule has 22 heavy (non-hydrogen) atoms. The van der Waals surface area contributed by atoms with Crippen molar-refractivity contribution in [2.45, 2.75) is 42.1 Å². The minimum atomic E-state index is 0.391. The second-order valence-electron chi connectivity index (χ2n) is 6.82. The molecule has 0 bridgehead atoms. The normalized spacial score (nSPS) is 43.8. The van der Waals surface area contributed by atoms with Crippen LogP contribution >= 0.6 is 11.8 Å². The lowest BCUT2D eigenvalue weighted by molar-refractivity contribution is 0.0729. The first-order chi connectivity index (χ1) is 10.8. The number of hydrazine groups is 1. The van der Waals surface area contributed by atoms with Gasteiger partial charge >= 0.3 is 0 Å². The first-order valence-electron chi connectivity index (χ1n) is 8.24. The van der Waals surface area contributed by atoms with Gasteiger partial charge < -0.3 is 10.1 Å². The van der Waals surface area contributed by atoms with Crippen molar-refractivity contribution in [1.82, 2.24) is 16.2 Å². The lowest BCUT2D eigenvalue weighted by Gasteiger charge is -2.39. The summed E-state index contributed by atoms with van der Waals surface area (Å²) in [6.07, 6.45) is 1.20. The lowest BCUT2D eigenvalue weighted by atomic mass is 9.78. The summed E-state index contributed by atoms with van der Waals surface area (Å²) in [7, 11) is 1.83. The summed E-state index contributed by atoms with van der Waals surface area (Å²) in [6.45, 7) is 3.17. The van der Waals surface area contributed by atoms with Crippen molar-refractivity contribution in [1.29, 1.82) is 0 Å². The van der Waals surface area contributed by atoms with Crippen LogP contribution in [0.25, 0.3) is 0 Å². The highest BCUT2D eigenvalue weighted by Gasteiger charge is 2.55. The van der Waals surface area contributed by atoms with Crippen molar-refractivity contribution in [2.75, 3.05) is 13.7 Å². The molecule has 0 saturated carbocycles. The van der Waals surface area contributed by atoms with Gasteiger partial charge in [-0.05, 0) is 24.8 Å². The van der Waals surface area contributed by atoms with E-state index in [-0.39, 0.29) is 0 Å². The zero-order valence-corrected chi connectivity index (χ0v) is 14.0. The van der Waals surface area contributed by atoms with Crippen LogP contribution in [0.15, 0.2) is 30.3 Å². The van der Waals surface area contributed by atoms with Gasteiger partial charge in [0.1, 0.15) is 0 Å². The van der Waals surface area contributed by atoms with Crippen molar-refractivity contribution in [3.8, 4) is 0 Å². The number of thioether (sulfide) groups is 1. The molecule has 3 saturated heterocycles. The van der Waals surface area contributed by atoms with Gasteiger partial charge in [0.25, 0.3) is 0 Å². The minimum absolute atomic E-state index is 0.391. The summed E-state index contributed by atoms with van der Waals surface area (Å²) in [5, 5.41) is 4.93. The second kappa shape index (κ2) is 6.13. The van der Waals surface area contributed by atoms with Crippen molar-refractivity contribution in [2.24, 2.45) is 11.8 Å². The number of nitrogens with one attached hydrogen (secondary N) is 3. The molecular weight excluding hydrogens is 294 g/mol. The highest BCUT2D eigenvalue weighted by Crippen LogP contribution is 2.50. The van der Waals surface area contributed by atoms with Gasteiger partial charge in [-0.2, -0.15) is 0 Å².